The van der Waals surface area contributed by atoms with Crippen LogP contribution in [0.4, 0.5) is 0 Å². The average molecular weight is 358 g/mol. The quantitative estimate of drug-likeness (QED) is 0.266. The highest BCUT2D eigenvalue weighted by Crippen LogP contribution is 2.32. The number of aliphatic hydroxyl groups is 1. The van der Waals surface area contributed by atoms with Crippen molar-refractivity contribution in [2.45, 2.75) is 45.4 Å². The minimum absolute atomic E-state index is 0.0392. The van der Waals surface area contributed by atoms with E-state index in [9.17, 15) is 9.90 Å². The third-order valence-electron chi connectivity index (χ3n) is 3.93. The van der Waals surface area contributed by atoms with Crippen molar-refractivity contribution >= 4 is 41.2 Å². The molecule has 23 heavy (non-hydrogen) atoms. The Bertz CT molecular complexity index is 488. The fourth-order valence-electron chi connectivity index (χ4n) is 2.65. The fourth-order valence-corrected chi connectivity index (χ4v) is 3.03. The molecule has 0 aromatic carbocycles. The van der Waals surface area contributed by atoms with Gasteiger partial charge in [0.2, 0.25) is 0 Å². The standard InChI is InChI=1S/C17H24ClNO3S/c1-2-13(12-23)9-14-10-16(20)15(17(21)11-14)5-3-7-19-22-8-4-6-18/h4,6-7,12-14,20H,2-3,5,8-11H2,1H3/b6-4+,19-7?. The minimum atomic E-state index is 0.0392. The van der Waals surface area contributed by atoms with Gasteiger partial charge >= 0.3 is 0 Å². The van der Waals surface area contributed by atoms with Gasteiger partial charge in [-0.2, -0.15) is 0 Å². The maximum atomic E-state index is 12.2. The molecule has 2 atom stereocenters. The van der Waals surface area contributed by atoms with E-state index in [2.05, 4.69) is 12.1 Å². The number of oxime groups is 1. The number of hydrogen-bond acceptors (Lipinski definition) is 5. The summed E-state index contributed by atoms with van der Waals surface area (Å²) in [6.07, 6.45) is 7.16. The summed E-state index contributed by atoms with van der Waals surface area (Å²) in [5.41, 5.74) is 1.89. The van der Waals surface area contributed by atoms with E-state index in [1.807, 2.05) is 0 Å². The molecule has 0 heterocycles. The highest BCUT2D eigenvalue weighted by atomic mass is 35.5. The number of Topliss-reactive ketones (excluding diaryl/α,β-unsaturated/α-hetero) is 1. The molecular weight excluding hydrogens is 334 g/mol. The van der Waals surface area contributed by atoms with Crippen molar-refractivity contribution in [2.75, 3.05) is 6.61 Å². The summed E-state index contributed by atoms with van der Waals surface area (Å²) < 4.78 is 0. The summed E-state index contributed by atoms with van der Waals surface area (Å²) in [5, 5.41) is 15.7. The molecule has 0 amide bonds. The van der Waals surface area contributed by atoms with Crippen molar-refractivity contribution < 1.29 is 14.7 Å². The summed E-state index contributed by atoms with van der Waals surface area (Å²) in [4.78, 5) is 17.1. The monoisotopic (exact) mass is 357 g/mol. The number of rotatable bonds is 10. The van der Waals surface area contributed by atoms with E-state index in [1.54, 1.807) is 17.7 Å². The van der Waals surface area contributed by atoms with Crippen LogP contribution in [-0.4, -0.2) is 29.1 Å². The van der Waals surface area contributed by atoms with Gasteiger partial charge in [-0.05, 0) is 49.0 Å². The Balaban J connectivity index is 2.47. The Morgan fingerprint density at radius 3 is 2.91 bits per heavy atom. The molecule has 0 spiro atoms. The summed E-state index contributed by atoms with van der Waals surface area (Å²) in [6, 6.07) is 0. The molecule has 6 heteroatoms. The van der Waals surface area contributed by atoms with Crippen molar-refractivity contribution in [2.24, 2.45) is 17.0 Å². The highest BCUT2D eigenvalue weighted by Gasteiger charge is 2.28. The Labute approximate surface area is 148 Å². The van der Waals surface area contributed by atoms with Crippen LogP contribution >= 0.6 is 23.8 Å². The van der Waals surface area contributed by atoms with E-state index < -0.39 is 0 Å². The molecule has 1 aliphatic carbocycles. The second-order valence-electron chi connectivity index (χ2n) is 5.65. The molecule has 0 bridgehead atoms. The normalized spacial score (nSPS) is 20.4. The van der Waals surface area contributed by atoms with Crippen LogP contribution in [0.25, 0.3) is 0 Å². The molecule has 0 aromatic rings. The van der Waals surface area contributed by atoms with Gasteiger partial charge in [-0.3, -0.25) is 4.79 Å². The molecule has 1 aliphatic rings. The van der Waals surface area contributed by atoms with Gasteiger partial charge in [0.05, 0.1) is 5.76 Å². The van der Waals surface area contributed by atoms with E-state index in [-0.39, 0.29) is 17.5 Å². The number of carbonyl (C=O) groups excluding carboxylic acids is 1. The first-order chi connectivity index (χ1) is 11.1. The smallest absolute Gasteiger partial charge is 0.162 e. The lowest BCUT2D eigenvalue weighted by Gasteiger charge is -2.25. The largest absolute Gasteiger partial charge is 0.512 e. The Morgan fingerprint density at radius 2 is 2.30 bits per heavy atom. The summed E-state index contributed by atoms with van der Waals surface area (Å²) in [5.74, 6) is 0.792. The first-order valence-corrected chi connectivity index (χ1v) is 8.81. The zero-order valence-corrected chi connectivity index (χ0v) is 15.0. The first kappa shape index (κ1) is 19.8. The molecule has 0 aliphatic heterocycles. The van der Waals surface area contributed by atoms with Crippen molar-refractivity contribution in [3.05, 3.63) is 22.9 Å². The number of aliphatic hydroxyl groups excluding tert-OH is 1. The molecule has 0 radical (unpaired) electrons. The summed E-state index contributed by atoms with van der Waals surface area (Å²) >= 11 is 10.4. The lowest BCUT2D eigenvalue weighted by atomic mass is 9.80. The van der Waals surface area contributed by atoms with Crippen LogP contribution in [0, 0.1) is 11.8 Å². The number of allylic oxidation sites excluding steroid dienone is 2. The van der Waals surface area contributed by atoms with E-state index in [0.717, 1.165) is 12.8 Å². The number of thiocarbonyl (C=S) groups is 1. The van der Waals surface area contributed by atoms with Crippen LogP contribution in [0.15, 0.2) is 28.1 Å². The van der Waals surface area contributed by atoms with Crippen molar-refractivity contribution in [1.29, 1.82) is 0 Å². The van der Waals surface area contributed by atoms with Crippen molar-refractivity contribution in [3.8, 4) is 0 Å². The SMILES string of the molecule is CCC(C=S)CC1CC(=O)C(CCC=NOC/C=C/Cl)=C(O)C1. The average Bonchev–Trinajstić information content (AvgIpc) is 2.53. The predicted molar refractivity (Wildman–Crippen MR) is 98.1 cm³/mol. The van der Waals surface area contributed by atoms with Gasteiger partial charge < -0.3 is 9.94 Å². The van der Waals surface area contributed by atoms with Gasteiger partial charge in [0, 0.05) is 30.2 Å². The van der Waals surface area contributed by atoms with Crippen molar-refractivity contribution in [1.82, 2.24) is 0 Å². The summed E-state index contributed by atoms with van der Waals surface area (Å²) in [6.45, 7) is 2.40. The molecule has 0 saturated carbocycles. The zero-order chi connectivity index (χ0) is 17.1. The predicted octanol–water partition coefficient (Wildman–Crippen LogP) is 4.73. The number of carbonyl (C=O) groups is 1. The van der Waals surface area contributed by atoms with E-state index >= 15 is 0 Å². The lowest BCUT2D eigenvalue weighted by Crippen LogP contribution is -2.22. The van der Waals surface area contributed by atoms with Gasteiger partial charge in [-0.15, -0.1) is 0 Å². The Morgan fingerprint density at radius 1 is 1.52 bits per heavy atom. The Kier molecular flexibility index (Phi) is 9.80. The van der Waals surface area contributed by atoms with Crippen LogP contribution in [0.1, 0.15) is 45.4 Å². The van der Waals surface area contributed by atoms with Crippen molar-refractivity contribution in [3.63, 3.8) is 0 Å². The van der Waals surface area contributed by atoms with E-state index in [0.29, 0.717) is 43.8 Å². The van der Waals surface area contributed by atoms with Crippen LogP contribution in [-0.2, 0) is 9.63 Å². The molecule has 2 unspecified atom stereocenters. The maximum Gasteiger partial charge on any atom is 0.162 e. The number of nitrogens with zero attached hydrogens (tertiary/aromatic N) is 1. The second kappa shape index (κ2) is 11.4. The van der Waals surface area contributed by atoms with Crippen LogP contribution in [0.2, 0.25) is 0 Å². The lowest BCUT2D eigenvalue weighted by molar-refractivity contribution is -0.117. The highest BCUT2D eigenvalue weighted by molar-refractivity contribution is 7.79. The molecule has 0 fully saturated rings. The second-order valence-corrected chi connectivity index (χ2v) is 6.17. The number of ketones is 1. The molecule has 0 aromatic heterocycles. The van der Waals surface area contributed by atoms with E-state index in [4.69, 9.17) is 28.7 Å². The first-order valence-electron chi connectivity index (χ1n) is 7.90. The summed E-state index contributed by atoms with van der Waals surface area (Å²) in [7, 11) is 0. The Hall–Kier alpha value is -1.20. The van der Waals surface area contributed by atoms with Crippen LogP contribution < -0.4 is 0 Å². The van der Waals surface area contributed by atoms with Gasteiger partial charge in [-0.25, -0.2) is 0 Å². The molecule has 128 valence electrons. The van der Waals surface area contributed by atoms with Crippen LogP contribution in [0.3, 0.4) is 0 Å². The molecule has 0 saturated heterocycles. The molecule has 1 rings (SSSR count). The number of halogens is 1. The maximum absolute atomic E-state index is 12.2. The topological polar surface area (TPSA) is 58.9 Å². The number of hydrogen-bond donors (Lipinski definition) is 1. The van der Waals surface area contributed by atoms with Gasteiger partial charge in [-0.1, -0.05) is 35.9 Å². The van der Waals surface area contributed by atoms with E-state index in [1.165, 1.54) is 5.54 Å². The van der Waals surface area contributed by atoms with Crippen LogP contribution in [0.5, 0.6) is 0 Å². The minimum Gasteiger partial charge on any atom is -0.512 e. The molecular formula is C17H24ClNO3S. The van der Waals surface area contributed by atoms with Gasteiger partial charge in [0.25, 0.3) is 0 Å². The van der Waals surface area contributed by atoms with Gasteiger partial charge in [0.15, 0.2) is 5.78 Å². The van der Waals surface area contributed by atoms with Gasteiger partial charge in [0.1, 0.15) is 6.61 Å². The fraction of sp³-hybridized carbons (Fsp3) is 0.588. The molecule has 4 nitrogen and oxygen atoms in total. The molecule has 1 N–H and O–H groups in total. The zero-order valence-electron chi connectivity index (χ0n) is 13.4. The third kappa shape index (κ3) is 7.27. The third-order valence-corrected chi connectivity index (χ3v) is 4.49.